The van der Waals surface area contributed by atoms with Gasteiger partial charge in [-0.25, -0.2) is 9.97 Å². The van der Waals surface area contributed by atoms with Crippen LogP contribution < -0.4 is 10.6 Å². The zero-order valence-electron chi connectivity index (χ0n) is 15.5. The Labute approximate surface area is 152 Å². The second-order valence-electron chi connectivity index (χ2n) is 6.61. The molecule has 4 rings (SSSR count). The molecule has 3 aromatic heterocycles. The van der Waals surface area contributed by atoms with Crippen molar-refractivity contribution in [1.29, 1.82) is 0 Å². The van der Waals surface area contributed by atoms with Crippen LogP contribution in [0.5, 0.6) is 0 Å². The Morgan fingerprint density at radius 2 is 2.12 bits per heavy atom. The minimum atomic E-state index is 0.554. The van der Waals surface area contributed by atoms with E-state index in [1.54, 1.807) is 0 Å². The number of rotatable bonds is 4. The van der Waals surface area contributed by atoms with Crippen LogP contribution in [-0.2, 0) is 13.5 Å². The largest absolute Gasteiger partial charge is 0.387 e. The number of aryl methyl sites for hydroxylation is 3. The molecule has 7 nitrogen and oxygen atoms in total. The van der Waals surface area contributed by atoms with Gasteiger partial charge in [-0.15, -0.1) is 0 Å². The van der Waals surface area contributed by atoms with E-state index in [9.17, 15) is 0 Å². The fourth-order valence-electron chi connectivity index (χ4n) is 3.37. The van der Waals surface area contributed by atoms with Crippen LogP contribution in [0.1, 0.15) is 28.9 Å². The molecule has 0 aromatic carbocycles. The maximum Gasteiger partial charge on any atom is 0.228 e. The van der Waals surface area contributed by atoms with Crippen LogP contribution in [0.3, 0.4) is 0 Å². The van der Waals surface area contributed by atoms with Crippen molar-refractivity contribution >= 4 is 17.5 Å². The van der Waals surface area contributed by atoms with Crippen LogP contribution in [0.15, 0.2) is 24.5 Å². The van der Waals surface area contributed by atoms with Crippen molar-refractivity contribution in [1.82, 2.24) is 30.0 Å². The number of fused-ring (bicyclic) bond motifs is 1. The fraction of sp³-hybridized carbons (Fsp3) is 0.316. The second-order valence-corrected chi connectivity index (χ2v) is 6.61. The molecule has 3 aromatic rings. The molecule has 0 unspecified atom stereocenters. The summed E-state index contributed by atoms with van der Waals surface area (Å²) in [5.74, 6) is 1.30. The summed E-state index contributed by atoms with van der Waals surface area (Å²) in [7, 11) is 3.87. The third-order valence-electron chi connectivity index (χ3n) is 4.85. The number of hydrogen-bond donors (Lipinski definition) is 3. The Balaban J connectivity index is 1.72. The molecule has 0 fully saturated rings. The number of nitrogens with one attached hydrogen (secondary N) is 3. The van der Waals surface area contributed by atoms with Crippen molar-refractivity contribution in [3.63, 3.8) is 0 Å². The van der Waals surface area contributed by atoms with Crippen LogP contribution in [0.2, 0.25) is 0 Å². The Morgan fingerprint density at radius 3 is 2.85 bits per heavy atom. The van der Waals surface area contributed by atoms with E-state index in [2.05, 4.69) is 31.8 Å². The number of anilines is 2. The lowest BCUT2D eigenvalue weighted by molar-refractivity contribution is 0.742. The topological polar surface area (TPSA) is 83.4 Å². The first-order valence-corrected chi connectivity index (χ1v) is 8.77. The molecule has 0 amide bonds. The third kappa shape index (κ3) is 2.75. The molecule has 1 aliphatic carbocycles. The van der Waals surface area contributed by atoms with Crippen LogP contribution in [-0.4, -0.2) is 31.8 Å². The van der Waals surface area contributed by atoms with E-state index >= 15 is 0 Å². The standard InChI is InChI=1S/C19H23N7/c1-11-9-22-19(23-16-8-12(2)26(4)25-16)24-17(11)14-10-21-18-13(14)6-5-7-15(18)20-3/h7-10,20-21H,5-6H2,1-4H3,(H,22,23,24,25). The summed E-state index contributed by atoms with van der Waals surface area (Å²) in [6.45, 7) is 4.06. The molecule has 0 aliphatic heterocycles. The molecular formula is C19H23N7. The van der Waals surface area contributed by atoms with Gasteiger partial charge in [0.2, 0.25) is 5.95 Å². The lowest BCUT2D eigenvalue weighted by Crippen LogP contribution is -2.10. The summed E-state index contributed by atoms with van der Waals surface area (Å²) in [5, 5.41) is 10.9. The van der Waals surface area contributed by atoms with Gasteiger partial charge in [-0.3, -0.25) is 4.68 Å². The van der Waals surface area contributed by atoms with Gasteiger partial charge >= 0.3 is 0 Å². The molecule has 3 heterocycles. The molecule has 7 heteroatoms. The number of nitrogens with zero attached hydrogens (tertiary/aromatic N) is 4. The molecule has 0 radical (unpaired) electrons. The molecule has 0 spiro atoms. The number of H-pyrrole nitrogens is 1. The van der Waals surface area contributed by atoms with Crippen LogP contribution in [0.25, 0.3) is 17.0 Å². The molecule has 1 aliphatic rings. The van der Waals surface area contributed by atoms with Gasteiger partial charge < -0.3 is 15.6 Å². The molecule has 26 heavy (non-hydrogen) atoms. The van der Waals surface area contributed by atoms with Crippen molar-refractivity contribution < 1.29 is 0 Å². The molecule has 134 valence electrons. The minimum absolute atomic E-state index is 0.554. The second kappa shape index (κ2) is 6.33. The highest BCUT2D eigenvalue weighted by atomic mass is 15.3. The van der Waals surface area contributed by atoms with Crippen LogP contribution in [0, 0.1) is 13.8 Å². The van der Waals surface area contributed by atoms with Gasteiger partial charge in [-0.1, -0.05) is 6.08 Å². The Kier molecular flexibility index (Phi) is 3.99. The summed E-state index contributed by atoms with van der Waals surface area (Å²) < 4.78 is 1.82. The zero-order chi connectivity index (χ0) is 18.3. The number of hydrogen-bond acceptors (Lipinski definition) is 5. The van der Waals surface area contributed by atoms with E-state index < -0.39 is 0 Å². The van der Waals surface area contributed by atoms with Crippen molar-refractivity contribution in [3.8, 4) is 11.3 Å². The summed E-state index contributed by atoms with van der Waals surface area (Å²) >= 11 is 0. The summed E-state index contributed by atoms with van der Waals surface area (Å²) in [4.78, 5) is 12.6. The highest BCUT2D eigenvalue weighted by molar-refractivity contribution is 5.77. The molecule has 0 saturated heterocycles. The predicted molar refractivity (Wildman–Crippen MR) is 103 cm³/mol. The molecular weight excluding hydrogens is 326 g/mol. The first-order chi connectivity index (χ1) is 12.6. The predicted octanol–water partition coefficient (Wildman–Crippen LogP) is 3.07. The normalized spacial score (nSPS) is 13.3. The minimum Gasteiger partial charge on any atom is -0.387 e. The van der Waals surface area contributed by atoms with Crippen molar-refractivity contribution in [2.75, 3.05) is 12.4 Å². The van der Waals surface area contributed by atoms with Crippen molar-refractivity contribution in [3.05, 3.63) is 47.1 Å². The lowest BCUT2D eigenvalue weighted by Gasteiger charge is -2.15. The highest BCUT2D eigenvalue weighted by Gasteiger charge is 2.20. The third-order valence-corrected chi connectivity index (χ3v) is 4.85. The van der Waals surface area contributed by atoms with Gasteiger partial charge in [0.05, 0.1) is 17.1 Å². The van der Waals surface area contributed by atoms with Gasteiger partial charge in [0.1, 0.15) is 0 Å². The van der Waals surface area contributed by atoms with Gasteiger partial charge in [0, 0.05) is 43.8 Å². The van der Waals surface area contributed by atoms with E-state index in [-0.39, 0.29) is 0 Å². The zero-order valence-corrected chi connectivity index (χ0v) is 15.5. The summed E-state index contributed by atoms with van der Waals surface area (Å²) in [6.07, 6.45) is 8.16. The van der Waals surface area contributed by atoms with E-state index in [1.807, 2.05) is 51.1 Å². The van der Waals surface area contributed by atoms with Crippen LogP contribution in [0.4, 0.5) is 11.8 Å². The van der Waals surface area contributed by atoms with Gasteiger partial charge in [0.15, 0.2) is 5.82 Å². The maximum atomic E-state index is 4.78. The van der Waals surface area contributed by atoms with Gasteiger partial charge in [0.25, 0.3) is 0 Å². The average molecular weight is 349 g/mol. The van der Waals surface area contributed by atoms with E-state index in [0.29, 0.717) is 5.95 Å². The van der Waals surface area contributed by atoms with Gasteiger partial charge in [-0.2, -0.15) is 5.10 Å². The SMILES string of the molecule is CNC1=CCCc2c(-c3nc(Nc4cc(C)n(C)n4)ncc3C)c[nH]c21. The highest BCUT2D eigenvalue weighted by Crippen LogP contribution is 2.34. The van der Waals surface area contributed by atoms with E-state index in [0.717, 1.165) is 52.6 Å². The Morgan fingerprint density at radius 1 is 1.27 bits per heavy atom. The summed E-state index contributed by atoms with van der Waals surface area (Å²) in [5.41, 5.74) is 7.82. The van der Waals surface area contributed by atoms with Crippen LogP contribution >= 0.6 is 0 Å². The number of aromatic nitrogens is 5. The molecule has 0 saturated carbocycles. The quantitative estimate of drug-likeness (QED) is 0.674. The summed E-state index contributed by atoms with van der Waals surface area (Å²) in [6, 6.07) is 1.98. The van der Waals surface area contributed by atoms with Crippen molar-refractivity contribution in [2.24, 2.45) is 7.05 Å². The lowest BCUT2D eigenvalue weighted by atomic mass is 9.95. The first kappa shape index (κ1) is 16.4. The smallest absolute Gasteiger partial charge is 0.228 e. The van der Waals surface area contributed by atoms with E-state index in [1.165, 1.54) is 5.56 Å². The monoisotopic (exact) mass is 349 g/mol. The maximum absolute atomic E-state index is 4.78. The fourth-order valence-corrected chi connectivity index (χ4v) is 3.37. The average Bonchev–Trinajstić information content (AvgIpc) is 3.19. The molecule has 3 N–H and O–H groups in total. The van der Waals surface area contributed by atoms with E-state index in [4.69, 9.17) is 4.98 Å². The van der Waals surface area contributed by atoms with Crippen molar-refractivity contribution in [2.45, 2.75) is 26.7 Å². The molecule has 0 atom stereocenters. The first-order valence-electron chi connectivity index (χ1n) is 8.77. The van der Waals surface area contributed by atoms with Gasteiger partial charge in [-0.05, 0) is 37.8 Å². The Bertz CT molecular complexity index is 974. The molecule has 0 bridgehead atoms. The Hall–Kier alpha value is -3.09. The number of aromatic amines is 1. The number of allylic oxidation sites excluding steroid dienone is 1.